The van der Waals surface area contributed by atoms with Crippen LogP contribution in [0.2, 0.25) is 0 Å². The van der Waals surface area contributed by atoms with Crippen LogP contribution in [0.25, 0.3) is 17.0 Å². The molecule has 2 N–H and O–H groups in total. The number of hydrogen-bond donors (Lipinski definition) is 2. The molecule has 2 aromatic heterocycles. The number of nitrogens with zero attached hydrogens (tertiary/aromatic N) is 3. The summed E-state index contributed by atoms with van der Waals surface area (Å²) in [5.41, 5.74) is 2.62. The molecule has 1 amide bonds. The summed E-state index contributed by atoms with van der Waals surface area (Å²) >= 11 is 0. The molecule has 0 fully saturated rings. The molecule has 0 bridgehead atoms. The highest BCUT2D eigenvalue weighted by Crippen LogP contribution is 2.19. The number of amides is 1. The van der Waals surface area contributed by atoms with E-state index in [-0.39, 0.29) is 5.56 Å². The third-order valence-corrected chi connectivity index (χ3v) is 3.74. The number of benzene rings is 2. The SMILES string of the molecule is Cc1cc(NC(=O)c2cccc(F)c2)n(-c2nc3ccccc3[nH]2)n1. The Morgan fingerprint density at radius 1 is 1.16 bits per heavy atom. The fourth-order valence-corrected chi connectivity index (χ4v) is 2.61. The molecule has 0 aliphatic heterocycles. The molecule has 0 aliphatic carbocycles. The van der Waals surface area contributed by atoms with Gasteiger partial charge in [0.1, 0.15) is 11.6 Å². The molecule has 0 spiro atoms. The maximum absolute atomic E-state index is 13.3. The topological polar surface area (TPSA) is 75.6 Å². The maximum atomic E-state index is 13.3. The zero-order valence-electron chi connectivity index (χ0n) is 13.3. The lowest BCUT2D eigenvalue weighted by Crippen LogP contribution is -2.15. The van der Waals surface area contributed by atoms with Crippen LogP contribution in [0.1, 0.15) is 16.1 Å². The number of H-pyrrole nitrogens is 1. The summed E-state index contributed by atoms with van der Waals surface area (Å²) in [5, 5.41) is 7.13. The maximum Gasteiger partial charge on any atom is 0.256 e. The van der Waals surface area contributed by atoms with E-state index in [1.807, 2.05) is 31.2 Å². The van der Waals surface area contributed by atoms with Crippen molar-refractivity contribution in [2.24, 2.45) is 0 Å². The molecule has 0 saturated carbocycles. The first kappa shape index (κ1) is 15.1. The Kier molecular flexibility index (Phi) is 3.53. The first-order chi connectivity index (χ1) is 12.1. The van der Waals surface area contributed by atoms with Crippen LogP contribution in [0.4, 0.5) is 10.2 Å². The number of carbonyl (C=O) groups excluding carboxylic acids is 1. The minimum Gasteiger partial charge on any atom is -0.322 e. The predicted molar refractivity (Wildman–Crippen MR) is 92.3 cm³/mol. The summed E-state index contributed by atoms with van der Waals surface area (Å²) < 4.78 is 14.8. The van der Waals surface area contributed by atoms with Crippen molar-refractivity contribution in [1.82, 2.24) is 19.7 Å². The minimum atomic E-state index is -0.463. The number of fused-ring (bicyclic) bond motifs is 1. The van der Waals surface area contributed by atoms with Crippen molar-refractivity contribution in [2.45, 2.75) is 6.92 Å². The Morgan fingerprint density at radius 2 is 2.00 bits per heavy atom. The van der Waals surface area contributed by atoms with Gasteiger partial charge in [0, 0.05) is 11.6 Å². The average Bonchev–Trinajstić information content (AvgIpc) is 3.17. The van der Waals surface area contributed by atoms with Gasteiger partial charge in [0.05, 0.1) is 16.7 Å². The highest BCUT2D eigenvalue weighted by atomic mass is 19.1. The number of anilines is 1. The second kappa shape index (κ2) is 5.86. The standard InChI is InChI=1S/C18H14FN5O/c1-11-9-16(22-17(25)12-5-4-6-13(19)10-12)24(23-11)18-20-14-7-2-3-8-15(14)21-18/h2-10H,1H3,(H,20,21)(H,22,25). The molecule has 4 aromatic rings. The number of aromatic nitrogens is 4. The lowest BCUT2D eigenvalue weighted by molar-refractivity contribution is 0.102. The van der Waals surface area contributed by atoms with Crippen molar-refractivity contribution < 1.29 is 9.18 Å². The van der Waals surface area contributed by atoms with Crippen LogP contribution in [0.15, 0.2) is 54.6 Å². The number of rotatable bonds is 3. The Morgan fingerprint density at radius 3 is 2.80 bits per heavy atom. The van der Waals surface area contributed by atoms with Crippen molar-refractivity contribution in [2.75, 3.05) is 5.32 Å². The normalized spacial score (nSPS) is 11.0. The van der Waals surface area contributed by atoms with Gasteiger partial charge in [-0.15, -0.1) is 0 Å². The fraction of sp³-hybridized carbons (Fsp3) is 0.0556. The summed E-state index contributed by atoms with van der Waals surface area (Å²) in [4.78, 5) is 20.0. The first-order valence-corrected chi connectivity index (χ1v) is 7.69. The van der Waals surface area contributed by atoms with Crippen LogP contribution in [-0.2, 0) is 0 Å². The molecule has 2 heterocycles. The van der Waals surface area contributed by atoms with Crippen molar-refractivity contribution in [3.63, 3.8) is 0 Å². The van der Waals surface area contributed by atoms with Gasteiger partial charge in [0.25, 0.3) is 5.91 Å². The predicted octanol–water partition coefficient (Wildman–Crippen LogP) is 3.45. The first-order valence-electron chi connectivity index (χ1n) is 7.69. The van der Waals surface area contributed by atoms with E-state index >= 15 is 0 Å². The van der Waals surface area contributed by atoms with E-state index in [0.29, 0.717) is 11.8 Å². The quantitative estimate of drug-likeness (QED) is 0.602. The molecule has 0 atom stereocenters. The summed E-state index contributed by atoms with van der Waals surface area (Å²) in [6, 6.07) is 14.8. The zero-order valence-corrected chi connectivity index (χ0v) is 13.3. The van der Waals surface area contributed by atoms with E-state index in [4.69, 9.17) is 0 Å². The summed E-state index contributed by atoms with van der Waals surface area (Å²) in [6.45, 7) is 1.82. The van der Waals surface area contributed by atoms with Gasteiger partial charge < -0.3 is 10.3 Å². The average molecular weight is 335 g/mol. The van der Waals surface area contributed by atoms with Gasteiger partial charge in [-0.3, -0.25) is 4.79 Å². The highest BCUT2D eigenvalue weighted by Gasteiger charge is 2.15. The minimum absolute atomic E-state index is 0.231. The number of aromatic amines is 1. The molecule has 2 aromatic carbocycles. The van der Waals surface area contributed by atoms with Crippen LogP contribution in [-0.4, -0.2) is 25.7 Å². The second-order valence-corrected chi connectivity index (χ2v) is 5.62. The van der Waals surface area contributed by atoms with Gasteiger partial charge in [0.15, 0.2) is 0 Å². The van der Waals surface area contributed by atoms with Gasteiger partial charge in [-0.25, -0.2) is 9.37 Å². The van der Waals surface area contributed by atoms with Gasteiger partial charge >= 0.3 is 0 Å². The lowest BCUT2D eigenvalue weighted by atomic mass is 10.2. The van der Waals surface area contributed by atoms with Crippen LogP contribution in [0.3, 0.4) is 0 Å². The van der Waals surface area contributed by atoms with Crippen LogP contribution in [0.5, 0.6) is 0 Å². The van der Waals surface area contributed by atoms with Crippen LogP contribution in [0, 0.1) is 12.7 Å². The Hall–Kier alpha value is -3.48. The second-order valence-electron chi connectivity index (χ2n) is 5.62. The smallest absolute Gasteiger partial charge is 0.256 e. The Bertz CT molecular complexity index is 1050. The van der Waals surface area contributed by atoms with Gasteiger partial charge in [-0.1, -0.05) is 18.2 Å². The highest BCUT2D eigenvalue weighted by molar-refractivity contribution is 6.04. The van der Waals surface area contributed by atoms with Gasteiger partial charge in [0.2, 0.25) is 5.95 Å². The van der Waals surface area contributed by atoms with E-state index in [2.05, 4.69) is 20.4 Å². The van der Waals surface area contributed by atoms with E-state index in [0.717, 1.165) is 16.7 Å². The summed E-state index contributed by atoms with van der Waals surface area (Å²) in [7, 11) is 0. The zero-order chi connectivity index (χ0) is 17.4. The summed E-state index contributed by atoms with van der Waals surface area (Å²) in [6.07, 6.45) is 0. The van der Waals surface area contributed by atoms with Crippen LogP contribution >= 0.6 is 0 Å². The number of para-hydroxylation sites is 2. The Labute approximate surface area is 142 Å². The largest absolute Gasteiger partial charge is 0.322 e. The van der Waals surface area contributed by atoms with Crippen molar-refractivity contribution in [1.29, 1.82) is 0 Å². The molecule has 0 aliphatic rings. The molecule has 0 unspecified atom stereocenters. The number of aryl methyl sites for hydroxylation is 1. The number of carbonyl (C=O) groups is 1. The molecule has 0 radical (unpaired) electrons. The van der Waals surface area contributed by atoms with Gasteiger partial charge in [-0.2, -0.15) is 9.78 Å². The number of hydrogen-bond acceptors (Lipinski definition) is 3. The molecule has 0 saturated heterocycles. The molecule has 7 heteroatoms. The molecule has 4 rings (SSSR count). The molecule has 6 nitrogen and oxygen atoms in total. The molecule has 124 valence electrons. The lowest BCUT2D eigenvalue weighted by Gasteiger charge is -2.06. The van der Waals surface area contributed by atoms with E-state index in [9.17, 15) is 9.18 Å². The van der Waals surface area contributed by atoms with Crippen molar-refractivity contribution in [3.8, 4) is 5.95 Å². The monoisotopic (exact) mass is 335 g/mol. The molecular weight excluding hydrogens is 321 g/mol. The number of nitrogens with one attached hydrogen (secondary N) is 2. The van der Waals surface area contributed by atoms with Crippen LogP contribution < -0.4 is 5.32 Å². The number of halogens is 1. The van der Waals surface area contributed by atoms with E-state index in [1.54, 1.807) is 12.1 Å². The van der Waals surface area contributed by atoms with Crippen molar-refractivity contribution >= 4 is 22.8 Å². The Balaban J connectivity index is 1.70. The third-order valence-electron chi connectivity index (χ3n) is 3.74. The van der Waals surface area contributed by atoms with Crippen molar-refractivity contribution in [3.05, 3.63) is 71.7 Å². The molecule has 25 heavy (non-hydrogen) atoms. The molecular formula is C18H14FN5O. The summed E-state index contributed by atoms with van der Waals surface area (Å²) in [5.74, 6) is 0.0565. The fourth-order valence-electron chi connectivity index (χ4n) is 2.61. The van der Waals surface area contributed by atoms with E-state index in [1.165, 1.54) is 22.9 Å². The van der Waals surface area contributed by atoms with Gasteiger partial charge in [-0.05, 0) is 37.3 Å². The number of imidazole rings is 1. The third kappa shape index (κ3) is 2.87. The van der Waals surface area contributed by atoms with E-state index < -0.39 is 11.7 Å².